The summed E-state index contributed by atoms with van der Waals surface area (Å²) >= 11 is 0. The van der Waals surface area contributed by atoms with Gasteiger partial charge in [-0.1, -0.05) is 25.1 Å². The maximum Gasteiger partial charge on any atom is 0.336 e. The molecule has 0 spiro atoms. The molecule has 7 nitrogen and oxygen atoms in total. The Kier molecular flexibility index (Phi) is 4.84. The van der Waals surface area contributed by atoms with E-state index in [-0.39, 0.29) is 0 Å². The van der Waals surface area contributed by atoms with Crippen LogP contribution < -0.4 is 4.90 Å². The molecule has 0 radical (unpaired) electrons. The fourth-order valence-electron chi connectivity index (χ4n) is 3.99. The van der Waals surface area contributed by atoms with Crippen molar-refractivity contribution in [3.8, 4) is 0 Å². The maximum absolute atomic E-state index is 12.2. The second-order valence-electron chi connectivity index (χ2n) is 7.55. The van der Waals surface area contributed by atoms with Gasteiger partial charge in [0.15, 0.2) is 0 Å². The largest absolute Gasteiger partial charge is 0.478 e. The minimum absolute atomic E-state index is 0.355. The van der Waals surface area contributed by atoms with E-state index in [4.69, 9.17) is 4.98 Å². The fraction of sp³-hybridized carbons (Fsp3) is 0.318. The molecule has 3 heterocycles. The van der Waals surface area contributed by atoms with E-state index in [1.54, 1.807) is 0 Å². The fourth-order valence-corrected chi connectivity index (χ4v) is 3.99. The molecule has 1 aliphatic rings. The van der Waals surface area contributed by atoms with E-state index in [2.05, 4.69) is 22.9 Å². The third kappa shape index (κ3) is 3.27. The summed E-state index contributed by atoms with van der Waals surface area (Å²) in [6.07, 6.45) is 3.92. The number of hydrogen-bond acceptors (Lipinski definition) is 5. The van der Waals surface area contributed by atoms with Gasteiger partial charge in [0.05, 0.1) is 28.7 Å². The van der Waals surface area contributed by atoms with Crippen molar-refractivity contribution in [2.45, 2.75) is 13.5 Å². The predicted octanol–water partition coefficient (Wildman–Crippen LogP) is 3.11. The first-order chi connectivity index (χ1) is 13.9. The molecule has 2 aromatic heterocycles. The van der Waals surface area contributed by atoms with E-state index in [9.17, 15) is 9.90 Å². The van der Waals surface area contributed by atoms with Gasteiger partial charge < -0.3 is 14.6 Å². The average Bonchev–Trinajstić information content (AvgIpc) is 3.06. The highest BCUT2D eigenvalue weighted by atomic mass is 16.4. The van der Waals surface area contributed by atoms with Crippen molar-refractivity contribution in [1.29, 1.82) is 0 Å². The van der Waals surface area contributed by atoms with Crippen LogP contribution in [0.3, 0.4) is 0 Å². The van der Waals surface area contributed by atoms with Crippen LogP contribution in [0.1, 0.15) is 34.2 Å². The second-order valence-corrected chi connectivity index (χ2v) is 7.55. The topological polar surface area (TPSA) is 74.5 Å². The predicted molar refractivity (Wildman–Crippen MR) is 115 cm³/mol. The number of fused-ring (bicyclic) bond motifs is 2. The highest BCUT2D eigenvalue weighted by Crippen LogP contribution is 2.34. The zero-order valence-electron chi connectivity index (χ0n) is 17.2. The summed E-state index contributed by atoms with van der Waals surface area (Å²) in [4.78, 5) is 25.8. The molecular formula is C22H25N5O2. The summed E-state index contributed by atoms with van der Waals surface area (Å²) in [5.41, 5.74) is 4.59. The van der Waals surface area contributed by atoms with Gasteiger partial charge in [0.1, 0.15) is 0 Å². The molecule has 1 aromatic carbocycles. The number of aromatic carboxylic acids is 1. The lowest BCUT2D eigenvalue weighted by atomic mass is 9.92. The molecule has 29 heavy (non-hydrogen) atoms. The number of hydrogen-bond donors (Lipinski definition) is 1. The number of carbonyl (C=O) groups is 1. The van der Waals surface area contributed by atoms with Crippen LogP contribution in [-0.4, -0.2) is 57.7 Å². The second kappa shape index (κ2) is 7.33. The van der Waals surface area contributed by atoms with Gasteiger partial charge in [-0.3, -0.25) is 4.90 Å². The summed E-state index contributed by atoms with van der Waals surface area (Å²) in [5, 5.41) is 10.7. The number of pyridine rings is 1. The van der Waals surface area contributed by atoms with Crippen LogP contribution in [0, 0.1) is 0 Å². The van der Waals surface area contributed by atoms with Crippen LogP contribution in [0.25, 0.3) is 22.6 Å². The molecule has 150 valence electrons. The van der Waals surface area contributed by atoms with Gasteiger partial charge in [0.25, 0.3) is 0 Å². The Morgan fingerprint density at radius 2 is 2.03 bits per heavy atom. The molecule has 0 atom stereocenters. The first kappa shape index (κ1) is 19.1. The molecule has 3 aromatic rings. The average molecular weight is 391 g/mol. The highest BCUT2D eigenvalue weighted by Gasteiger charge is 2.28. The SMILES string of the molecule is CCN1C/C(=C\c2cnc(N(C)C)n2C)c2nc3ccccc3c(C(=O)O)c2C1. The number of para-hydroxylation sites is 1. The molecule has 0 saturated heterocycles. The number of carboxylic acids is 1. The Morgan fingerprint density at radius 1 is 1.28 bits per heavy atom. The van der Waals surface area contributed by atoms with Crippen molar-refractivity contribution < 1.29 is 9.90 Å². The minimum Gasteiger partial charge on any atom is -0.478 e. The monoisotopic (exact) mass is 391 g/mol. The van der Waals surface area contributed by atoms with Crippen LogP contribution >= 0.6 is 0 Å². The number of likely N-dealkylation sites (N-methyl/N-ethyl adjacent to an activating group) is 1. The van der Waals surface area contributed by atoms with Crippen molar-refractivity contribution in [3.05, 3.63) is 53.0 Å². The minimum atomic E-state index is -0.910. The van der Waals surface area contributed by atoms with Gasteiger partial charge in [-0.05, 0) is 24.3 Å². The number of imidazole rings is 1. The maximum atomic E-state index is 12.2. The third-order valence-corrected chi connectivity index (χ3v) is 5.46. The summed E-state index contributed by atoms with van der Waals surface area (Å²) in [7, 11) is 5.90. The lowest BCUT2D eigenvalue weighted by Crippen LogP contribution is -2.31. The number of aromatic nitrogens is 3. The zero-order chi connectivity index (χ0) is 20.7. The van der Waals surface area contributed by atoms with Crippen molar-refractivity contribution in [1.82, 2.24) is 19.4 Å². The smallest absolute Gasteiger partial charge is 0.336 e. The molecule has 0 bridgehead atoms. The Balaban J connectivity index is 1.96. The number of carboxylic acid groups (broad SMARTS) is 1. The summed E-state index contributed by atoms with van der Waals surface area (Å²) in [6.45, 7) is 4.22. The highest BCUT2D eigenvalue weighted by molar-refractivity contribution is 6.05. The number of rotatable bonds is 4. The summed E-state index contributed by atoms with van der Waals surface area (Å²) in [5.74, 6) is -0.0505. The van der Waals surface area contributed by atoms with Gasteiger partial charge in [-0.2, -0.15) is 0 Å². The Morgan fingerprint density at radius 3 is 2.69 bits per heavy atom. The number of nitrogens with zero attached hydrogens (tertiary/aromatic N) is 5. The quantitative estimate of drug-likeness (QED) is 0.737. The van der Waals surface area contributed by atoms with E-state index in [1.807, 2.05) is 61.1 Å². The molecule has 0 amide bonds. The first-order valence-electron chi connectivity index (χ1n) is 9.68. The van der Waals surface area contributed by atoms with E-state index >= 15 is 0 Å². The zero-order valence-corrected chi connectivity index (χ0v) is 17.2. The first-order valence-corrected chi connectivity index (χ1v) is 9.68. The standard InChI is InChI=1S/C22H25N5O2/c1-5-27-12-14(10-15-11-23-22(25(2)3)26(15)4)20-17(13-27)19(21(28)29)16-8-6-7-9-18(16)24-20/h6-11H,5,12-13H2,1-4H3,(H,28,29)/b14-10+. The molecule has 0 aliphatic carbocycles. The molecule has 0 unspecified atom stereocenters. The third-order valence-electron chi connectivity index (χ3n) is 5.46. The van der Waals surface area contributed by atoms with Crippen LogP contribution in [0.2, 0.25) is 0 Å². The van der Waals surface area contributed by atoms with Crippen molar-refractivity contribution >= 4 is 34.5 Å². The molecule has 0 fully saturated rings. The normalized spacial score (nSPS) is 15.7. The lowest BCUT2D eigenvalue weighted by Gasteiger charge is -2.30. The van der Waals surface area contributed by atoms with E-state index in [0.717, 1.165) is 41.6 Å². The molecule has 4 rings (SSSR count). The summed E-state index contributed by atoms with van der Waals surface area (Å²) < 4.78 is 2.02. The molecule has 1 N–H and O–H groups in total. The van der Waals surface area contributed by atoms with Crippen molar-refractivity contribution in [2.75, 3.05) is 32.1 Å². The van der Waals surface area contributed by atoms with Crippen molar-refractivity contribution in [2.24, 2.45) is 7.05 Å². The van der Waals surface area contributed by atoms with Crippen LogP contribution in [0.15, 0.2) is 30.5 Å². The van der Waals surface area contributed by atoms with E-state index in [1.165, 1.54) is 0 Å². The molecule has 1 aliphatic heterocycles. The molecular weight excluding hydrogens is 366 g/mol. The van der Waals surface area contributed by atoms with Crippen LogP contribution in [0.5, 0.6) is 0 Å². The molecule has 7 heteroatoms. The van der Waals surface area contributed by atoms with Gasteiger partial charge in [-0.15, -0.1) is 0 Å². The van der Waals surface area contributed by atoms with Crippen LogP contribution in [-0.2, 0) is 13.6 Å². The Labute approximate surface area is 169 Å². The summed E-state index contributed by atoms with van der Waals surface area (Å²) in [6, 6.07) is 7.46. The Bertz CT molecular complexity index is 1130. The van der Waals surface area contributed by atoms with Gasteiger partial charge in [0.2, 0.25) is 5.95 Å². The van der Waals surface area contributed by atoms with Gasteiger partial charge >= 0.3 is 5.97 Å². The van der Waals surface area contributed by atoms with Crippen molar-refractivity contribution in [3.63, 3.8) is 0 Å². The Hall–Kier alpha value is -3.19. The number of anilines is 1. The lowest BCUT2D eigenvalue weighted by molar-refractivity contribution is 0.0696. The molecule has 0 saturated carbocycles. The van der Waals surface area contributed by atoms with Crippen LogP contribution in [0.4, 0.5) is 5.95 Å². The van der Waals surface area contributed by atoms with Gasteiger partial charge in [0, 0.05) is 45.2 Å². The van der Waals surface area contributed by atoms with Gasteiger partial charge in [-0.25, -0.2) is 14.8 Å². The van der Waals surface area contributed by atoms with E-state index in [0.29, 0.717) is 23.0 Å². The van der Waals surface area contributed by atoms with E-state index < -0.39 is 5.97 Å². The number of benzene rings is 1.